The summed E-state index contributed by atoms with van der Waals surface area (Å²) >= 11 is 0. The lowest BCUT2D eigenvalue weighted by atomic mass is 10.1. The van der Waals surface area contributed by atoms with E-state index in [1.807, 2.05) is 6.07 Å². The maximum Gasteiger partial charge on any atom is 0.161 e. The molecule has 0 amide bonds. The highest BCUT2D eigenvalue weighted by Gasteiger charge is 2.17. The molecular weight excluding hydrogens is 210 g/mol. The van der Waals surface area contributed by atoms with Gasteiger partial charge in [0, 0.05) is 17.8 Å². The topological polar surface area (TPSA) is 12.5 Å². The minimum absolute atomic E-state index is 0.625. The minimum atomic E-state index is 0.625. The van der Waals surface area contributed by atoms with E-state index in [9.17, 15) is 0 Å². The van der Waals surface area contributed by atoms with E-state index in [-0.39, 0.29) is 0 Å². The third-order valence-electron chi connectivity index (χ3n) is 3.08. The number of anilines is 1. The lowest BCUT2D eigenvalue weighted by molar-refractivity contribution is 0.289. The van der Waals surface area contributed by atoms with Crippen LogP contribution in [0, 0.1) is 6.92 Å². The van der Waals surface area contributed by atoms with Gasteiger partial charge in [-0.05, 0) is 30.7 Å². The van der Waals surface area contributed by atoms with E-state index in [0.717, 1.165) is 12.3 Å². The number of nitrogens with zero attached hydrogens (tertiary/aromatic N) is 1. The third-order valence-corrected chi connectivity index (χ3v) is 3.08. The second kappa shape index (κ2) is 4.13. The molecule has 0 saturated heterocycles. The van der Waals surface area contributed by atoms with E-state index in [0.29, 0.717) is 6.73 Å². The Labute approximate surface area is 101 Å². The van der Waals surface area contributed by atoms with Crippen molar-refractivity contribution in [2.24, 2.45) is 0 Å². The second-order valence-corrected chi connectivity index (χ2v) is 4.42. The lowest BCUT2D eigenvalue weighted by Gasteiger charge is -2.30. The van der Waals surface area contributed by atoms with Crippen molar-refractivity contribution in [2.45, 2.75) is 13.5 Å². The van der Waals surface area contributed by atoms with Gasteiger partial charge in [0.2, 0.25) is 0 Å². The van der Waals surface area contributed by atoms with Gasteiger partial charge in [0.15, 0.2) is 6.73 Å². The molecule has 3 rings (SSSR count). The van der Waals surface area contributed by atoms with E-state index in [2.05, 4.69) is 54.3 Å². The quantitative estimate of drug-likeness (QED) is 0.738. The summed E-state index contributed by atoms with van der Waals surface area (Å²) in [5, 5.41) is 0. The molecule has 0 aromatic heterocycles. The number of aryl methyl sites for hydroxylation is 1. The average molecular weight is 225 g/mol. The molecule has 0 unspecified atom stereocenters. The van der Waals surface area contributed by atoms with Crippen LogP contribution in [0.25, 0.3) is 0 Å². The van der Waals surface area contributed by atoms with Gasteiger partial charge in [-0.1, -0.05) is 30.3 Å². The molecule has 0 bridgehead atoms. The Morgan fingerprint density at radius 2 is 1.88 bits per heavy atom. The van der Waals surface area contributed by atoms with Gasteiger partial charge in [0.05, 0.1) is 0 Å². The molecule has 0 atom stereocenters. The number of hydrogen-bond donors (Lipinski definition) is 0. The molecule has 0 spiro atoms. The molecule has 1 aliphatic rings. The van der Waals surface area contributed by atoms with Gasteiger partial charge in [-0.3, -0.25) is 0 Å². The molecule has 1 heterocycles. The molecule has 0 saturated carbocycles. The van der Waals surface area contributed by atoms with Crippen molar-refractivity contribution in [3.8, 4) is 5.75 Å². The van der Waals surface area contributed by atoms with Crippen molar-refractivity contribution in [1.82, 2.24) is 0 Å². The Hall–Kier alpha value is -1.96. The molecule has 0 aliphatic carbocycles. The molecule has 2 heteroatoms. The Bertz CT molecular complexity index is 522. The zero-order chi connectivity index (χ0) is 11.7. The van der Waals surface area contributed by atoms with E-state index in [1.165, 1.54) is 16.8 Å². The first-order chi connectivity index (χ1) is 8.33. The molecule has 2 aromatic carbocycles. The van der Waals surface area contributed by atoms with Crippen LogP contribution in [0.15, 0.2) is 48.5 Å². The smallest absolute Gasteiger partial charge is 0.161 e. The third kappa shape index (κ3) is 1.98. The molecule has 1 aliphatic heterocycles. The second-order valence-electron chi connectivity index (χ2n) is 4.42. The van der Waals surface area contributed by atoms with Crippen LogP contribution in [0.3, 0.4) is 0 Å². The summed E-state index contributed by atoms with van der Waals surface area (Å²) in [5.74, 6) is 1.03. The fourth-order valence-electron chi connectivity index (χ4n) is 2.13. The van der Waals surface area contributed by atoms with Crippen molar-refractivity contribution in [1.29, 1.82) is 0 Å². The van der Waals surface area contributed by atoms with Crippen molar-refractivity contribution in [3.05, 3.63) is 59.7 Å². The van der Waals surface area contributed by atoms with Gasteiger partial charge < -0.3 is 9.64 Å². The van der Waals surface area contributed by atoms with E-state index in [1.54, 1.807) is 0 Å². The van der Waals surface area contributed by atoms with Gasteiger partial charge in [0.1, 0.15) is 5.75 Å². The van der Waals surface area contributed by atoms with Crippen LogP contribution in [0.5, 0.6) is 5.75 Å². The summed E-state index contributed by atoms with van der Waals surface area (Å²) in [7, 11) is 0. The van der Waals surface area contributed by atoms with Gasteiger partial charge >= 0.3 is 0 Å². The molecule has 17 heavy (non-hydrogen) atoms. The fourth-order valence-corrected chi connectivity index (χ4v) is 2.13. The summed E-state index contributed by atoms with van der Waals surface area (Å²) in [6, 6.07) is 16.8. The van der Waals surface area contributed by atoms with Crippen molar-refractivity contribution in [3.63, 3.8) is 0 Å². The zero-order valence-corrected chi connectivity index (χ0v) is 9.89. The number of hydrogen-bond acceptors (Lipinski definition) is 2. The maximum atomic E-state index is 5.80. The molecular formula is C15H15NO. The monoisotopic (exact) mass is 225 g/mol. The van der Waals surface area contributed by atoms with Crippen LogP contribution in [0.4, 0.5) is 5.69 Å². The Balaban J connectivity index is 1.88. The van der Waals surface area contributed by atoms with Gasteiger partial charge in [-0.25, -0.2) is 0 Å². The van der Waals surface area contributed by atoms with Crippen LogP contribution < -0.4 is 9.64 Å². The maximum absolute atomic E-state index is 5.80. The van der Waals surface area contributed by atoms with Crippen molar-refractivity contribution in [2.75, 3.05) is 11.6 Å². The van der Waals surface area contributed by atoms with Crippen molar-refractivity contribution >= 4 is 5.69 Å². The highest BCUT2D eigenvalue weighted by atomic mass is 16.5. The number of benzene rings is 2. The lowest BCUT2D eigenvalue weighted by Crippen LogP contribution is -2.31. The van der Waals surface area contributed by atoms with Gasteiger partial charge in [0.25, 0.3) is 0 Å². The molecule has 2 aromatic rings. The largest absolute Gasteiger partial charge is 0.473 e. The summed E-state index contributed by atoms with van der Waals surface area (Å²) in [5.41, 5.74) is 3.71. The highest BCUT2D eigenvalue weighted by molar-refractivity contribution is 5.50. The Morgan fingerprint density at radius 3 is 2.71 bits per heavy atom. The zero-order valence-electron chi connectivity index (χ0n) is 9.89. The first-order valence-corrected chi connectivity index (χ1v) is 5.85. The Kier molecular flexibility index (Phi) is 2.48. The first kappa shape index (κ1) is 10.2. The average Bonchev–Trinajstić information content (AvgIpc) is 2.39. The molecule has 0 fully saturated rings. The predicted octanol–water partition coefficient (Wildman–Crippen LogP) is 3.35. The standard InChI is InChI=1S/C15H15NO/c1-12-7-8-13-10-16(11-17-15(13)9-12)14-5-3-2-4-6-14/h2-9H,10-11H2,1H3. The van der Waals surface area contributed by atoms with Gasteiger partial charge in [-0.2, -0.15) is 0 Å². The number of rotatable bonds is 1. The minimum Gasteiger partial charge on any atom is -0.473 e. The van der Waals surface area contributed by atoms with Crippen LogP contribution in [0.1, 0.15) is 11.1 Å². The molecule has 2 nitrogen and oxygen atoms in total. The summed E-state index contributed by atoms with van der Waals surface area (Å²) in [4.78, 5) is 2.23. The normalized spacial score (nSPS) is 14.1. The van der Waals surface area contributed by atoms with E-state index < -0.39 is 0 Å². The SMILES string of the molecule is Cc1ccc2c(c1)OCN(c1ccccc1)C2. The summed E-state index contributed by atoms with van der Waals surface area (Å²) in [6.45, 7) is 3.63. The summed E-state index contributed by atoms with van der Waals surface area (Å²) < 4.78 is 5.80. The number of para-hydroxylation sites is 1. The van der Waals surface area contributed by atoms with E-state index >= 15 is 0 Å². The summed E-state index contributed by atoms with van der Waals surface area (Å²) in [6.07, 6.45) is 0. The Morgan fingerprint density at radius 1 is 1.06 bits per heavy atom. The predicted molar refractivity (Wildman–Crippen MR) is 69.3 cm³/mol. The van der Waals surface area contributed by atoms with Gasteiger partial charge in [-0.15, -0.1) is 0 Å². The first-order valence-electron chi connectivity index (χ1n) is 5.85. The molecule has 0 radical (unpaired) electrons. The van der Waals surface area contributed by atoms with Crippen LogP contribution in [0.2, 0.25) is 0 Å². The number of fused-ring (bicyclic) bond motifs is 1. The molecule has 86 valence electrons. The van der Waals surface area contributed by atoms with Crippen molar-refractivity contribution < 1.29 is 4.74 Å². The fraction of sp³-hybridized carbons (Fsp3) is 0.200. The highest BCUT2D eigenvalue weighted by Crippen LogP contribution is 2.28. The van der Waals surface area contributed by atoms with Crippen LogP contribution in [-0.2, 0) is 6.54 Å². The van der Waals surface area contributed by atoms with Crippen LogP contribution in [-0.4, -0.2) is 6.73 Å². The molecule has 0 N–H and O–H groups in total. The van der Waals surface area contributed by atoms with Crippen LogP contribution >= 0.6 is 0 Å². The number of ether oxygens (including phenoxy) is 1. The van der Waals surface area contributed by atoms with E-state index in [4.69, 9.17) is 4.74 Å².